The van der Waals surface area contributed by atoms with Crippen LogP contribution in [-0.4, -0.2) is 53.5 Å². The summed E-state index contributed by atoms with van der Waals surface area (Å²) in [5, 5.41) is 15.2. The van der Waals surface area contributed by atoms with E-state index < -0.39 is 11.8 Å². The average molecular weight is 714 g/mol. The lowest BCUT2D eigenvalue weighted by atomic mass is 10.1. The van der Waals surface area contributed by atoms with Crippen LogP contribution in [0.5, 0.6) is 0 Å². The Morgan fingerprint density at radius 2 is 0.870 bits per heavy atom. The molecule has 0 aliphatic heterocycles. The Morgan fingerprint density at radius 3 is 1.24 bits per heavy atom. The lowest BCUT2D eigenvalue weighted by molar-refractivity contribution is -0.138. The zero-order valence-electron chi connectivity index (χ0n) is 29.6. The van der Waals surface area contributed by atoms with Crippen molar-refractivity contribution in [2.24, 2.45) is 0 Å². The van der Waals surface area contributed by atoms with Crippen LogP contribution in [0, 0.1) is 0 Å². The molecule has 0 saturated carbocycles. The third-order valence-corrected chi connectivity index (χ3v) is 8.11. The molecular weight excluding hydrogens is 644 g/mol. The molecule has 3 N–H and O–H groups in total. The molecule has 0 spiro atoms. The van der Waals surface area contributed by atoms with Crippen molar-refractivity contribution in [2.75, 3.05) is 25.0 Å². The van der Waals surface area contributed by atoms with Crippen LogP contribution in [0.4, 0.5) is 0 Å². The lowest BCUT2D eigenvalue weighted by Gasteiger charge is -2.03. The Balaban J connectivity index is 0. The number of rotatable bonds is 32. The van der Waals surface area contributed by atoms with Crippen molar-refractivity contribution in [3.05, 3.63) is 24.3 Å². The fourth-order valence-electron chi connectivity index (χ4n) is 4.58. The van der Waals surface area contributed by atoms with Crippen molar-refractivity contribution in [2.45, 2.75) is 168 Å². The molecule has 0 bridgehead atoms. The SMILES string of the molecule is CCCCCC(=O)C(=O)NCCCC/C=C\CCCCCCBr.CCCCCC(=O)C(=O)NCCCC/C=C\CCCCCCO. The molecule has 0 atom stereocenters. The second-order valence-corrected chi connectivity index (χ2v) is 12.8. The molecule has 0 unspecified atom stereocenters. The minimum absolute atomic E-state index is 0.266. The number of carbonyl (C=O) groups excluding carboxylic acids is 4. The molecule has 0 radical (unpaired) electrons. The highest BCUT2D eigenvalue weighted by atomic mass is 79.9. The number of unbranched alkanes of at least 4 members (excludes halogenated alkanes) is 16. The zero-order valence-corrected chi connectivity index (χ0v) is 31.2. The first-order chi connectivity index (χ1) is 22.4. The summed E-state index contributed by atoms with van der Waals surface area (Å²) in [5.41, 5.74) is 0. The van der Waals surface area contributed by atoms with Gasteiger partial charge in [0.25, 0.3) is 11.8 Å². The second-order valence-electron chi connectivity index (χ2n) is 12.0. The third-order valence-electron chi connectivity index (χ3n) is 7.55. The number of aliphatic hydroxyl groups excluding tert-OH is 1. The summed E-state index contributed by atoms with van der Waals surface area (Å²) in [5.74, 6) is -1.36. The minimum atomic E-state index is -0.417. The van der Waals surface area contributed by atoms with Crippen molar-refractivity contribution >= 4 is 39.3 Å². The van der Waals surface area contributed by atoms with Gasteiger partial charge >= 0.3 is 0 Å². The van der Waals surface area contributed by atoms with Gasteiger partial charge in [0.1, 0.15) is 0 Å². The fraction of sp³-hybridized carbons (Fsp3) is 0.789. The summed E-state index contributed by atoms with van der Waals surface area (Å²) < 4.78 is 0. The zero-order chi connectivity index (χ0) is 34.4. The van der Waals surface area contributed by atoms with Crippen molar-refractivity contribution in [3.8, 4) is 0 Å². The normalized spacial score (nSPS) is 11.0. The number of nitrogens with one attached hydrogen (secondary N) is 2. The lowest BCUT2D eigenvalue weighted by Crippen LogP contribution is -2.31. The highest BCUT2D eigenvalue weighted by molar-refractivity contribution is 9.09. The van der Waals surface area contributed by atoms with Crippen LogP contribution >= 0.6 is 15.9 Å². The van der Waals surface area contributed by atoms with E-state index in [1.807, 2.05) is 0 Å². The van der Waals surface area contributed by atoms with Crippen LogP contribution in [-0.2, 0) is 19.2 Å². The summed E-state index contributed by atoms with van der Waals surface area (Å²) in [6.07, 6.45) is 33.3. The molecular formula is C38H69BrN2O5. The molecule has 0 aromatic rings. The van der Waals surface area contributed by atoms with Gasteiger partial charge in [0, 0.05) is 37.9 Å². The van der Waals surface area contributed by atoms with Gasteiger partial charge in [-0.1, -0.05) is 105 Å². The van der Waals surface area contributed by atoms with E-state index >= 15 is 0 Å². The smallest absolute Gasteiger partial charge is 0.287 e. The number of hydrogen-bond donors (Lipinski definition) is 3. The van der Waals surface area contributed by atoms with Gasteiger partial charge in [-0.05, 0) is 89.9 Å². The molecule has 7 nitrogen and oxygen atoms in total. The Labute approximate surface area is 290 Å². The number of allylic oxidation sites excluding steroid dienone is 4. The number of amides is 2. The van der Waals surface area contributed by atoms with E-state index in [-0.39, 0.29) is 11.6 Å². The molecule has 0 rings (SSSR count). The quantitative estimate of drug-likeness (QED) is 0.0279. The van der Waals surface area contributed by atoms with Crippen molar-refractivity contribution in [1.29, 1.82) is 0 Å². The number of carbonyl (C=O) groups is 4. The molecule has 0 aromatic carbocycles. The third kappa shape index (κ3) is 36.7. The second kappa shape index (κ2) is 39.4. The molecule has 8 heteroatoms. The summed E-state index contributed by atoms with van der Waals surface area (Å²) in [7, 11) is 0. The number of Topliss-reactive ketones (excluding diaryl/α,β-unsaturated/α-hetero) is 2. The number of hydrogen-bond acceptors (Lipinski definition) is 5. The number of ketones is 2. The standard InChI is InChI=1S/C19H34BrNO2.C19H35NO3/c1-2-3-12-15-18(22)19(23)21-17-14-11-9-7-5-4-6-8-10-13-16-20;1-2-3-12-15-18(22)19(23)20-16-13-10-8-6-4-5-7-9-11-14-17-21/h5,7H,2-4,6,8-17H2,1H3,(H,21,23);4,6,21H,2-3,5,7-17H2,1H3,(H,20,23)/b7-5-;6-4-. The van der Waals surface area contributed by atoms with Crippen LogP contribution in [0.1, 0.15) is 168 Å². The van der Waals surface area contributed by atoms with Gasteiger partial charge in [-0.15, -0.1) is 0 Å². The van der Waals surface area contributed by atoms with Gasteiger partial charge in [0.15, 0.2) is 0 Å². The number of alkyl halides is 1. The molecule has 46 heavy (non-hydrogen) atoms. The first kappa shape index (κ1) is 46.3. The van der Waals surface area contributed by atoms with Crippen LogP contribution in [0.3, 0.4) is 0 Å². The minimum Gasteiger partial charge on any atom is -0.396 e. The summed E-state index contributed by atoms with van der Waals surface area (Å²) in [6, 6.07) is 0. The molecule has 0 fully saturated rings. The molecule has 0 aliphatic carbocycles. The first-order valence-corrected chi connectivity index (χ1v) is 19.6. The van der Waals surface area contributed by atoms with Gasteiger partial charge in [0.2, 0.25) is 11.6 Å². The Kier molecular flexibility index (Phi) is 39.7. The van der Waals surface area contributed by atoms with Gasteiger partial charge in [0.05, 0.1) is 0 Å². The predicted octanol–water partition coefficient (Wildman–Crippen LogP) is 9.25. The van der Waals surface area contributed by atoms with Gasteiger partial charge in [-0.25, -0.2) is 0 Å². The highest BCUT2D eigenvalue weighted by Gasteiger charge is 2.12. The molecule has 0 heterocycles. The van der Waals surface area contributed by atoms with Crippen molar-refractivity contribution in [1.82, 2.24) is 10.6 Å². The summed E-state index contributed by atoms with van der Waals surface area (Å²) in [4.78, 5) is 46.1. The highest BCUT2D eigenvalue weighted by Crippen LogP contribution is 2.07. The van der Waals surface area contributed by atoms with Crippen LogP contribution in [0.15, 0.2) is 24.3 Å². The topological polar surface area (TPSA) is 113 Å². The number of halogens is 1. The monoisotopic (exact) mass is 712 g/mol. The van der Waals surface area contributed by atoms with Crippen LogP contribution in [0.25, 0.3) is 0 Å². The van der Waals surface area contributed by atoms with E-state index in [0.29, 0.717) is 32.5 Å². The van der Waals surface area contributed by atoms with Gasteiger partial charge in [-0.2, -0.15) is 0 Å². The van der Waals surface area contributed by atoms with Crippen LogP contribution < -0.4 is 10.6 Å². The fourth-order valence-corrected chi connectivity index (χ4v) is 4.98. The molecule has 0 aromatic heterocycles. The molecule has 2 amide bonds. The maximum Gasteiger partial charge on any atom is 0.287 e. The van der Waals surface area contributed by atoms with E-state index in [2.05, 4.69) is 64.7 Å². The Hall–Kier alpha value is -1.80. The van der Waals surface area contributed by atoms with Crippen molar-refractivity contribution < 1.29 is 24.3 Å². The molecule has 0 aliphatic rings. The predicted molar refractivity (Wildman–Crippen MR) is 197 cm³/mol. The molecule has 0 saturated heterocycles. The van der Waals surface area contributed by atoms with Gasteiger partial charge in [-0.3, -0.25) is 19.2 Å². The summed E-state index contributed by atoms with van der Waals surface area (Å²) >= 11 is 3.45. The van der Waals surface area contributed by atoms with Crippen LogP contribution in [0.2, 0.25) is 0 Å². The van der Waals surface area contributed by atoms with Gasteiger partial charge < -0.3 is 15.7 Å². The largest absolute Gasteiger partial charge is 0.396 e. The van der Waals surface area contributed by atoms with E-state index in [9.17, 15) is 19.2 Å². The van der Waals surface area contributed by atoms with E-state index in [0.717, 1.165) is 102 Å². The van der Waals surface area contributed by atoms with E-state index in [4.69, 9.17) is 5.11 Å². The first-order valence-electron chi connectivity index (χ1n) is 18.5. The molecule has 268 valence electrons. The summed E-state index contributed by atoms with van der Waals surface area (Å²) in [6.45, 7) is 5.67. The Bertz CT molecular complexity index is 721. The average Bonchev–Trinajstić information content (AvgIpc) is 3.06. The maximum atomic E-state index is 11.5. The Morgan fingerprint density at radius 1 is 0.500 bits per heavy atom. The maximum absolute atomic E-state index is 11.5. The number of aliphatic hydroxyl groups is 1. The van der Waals surface area contributed by atoms with E-state index in [1.54, 1.807) is 0 Å². The van der Waals surface area contributed by atoms with Crippen molar-refractivity contribution in [3.63, 3.8) is 0 Å². The van der Waals surface area contributed by atoms with E-state index in [1.165, 1.54) is 44.9 Å².